The van der Waals surface area contributed by atoms with Crippen molar-refractivity contribution in [3.63, 3.8) is 0 Å². The molecule has 0 unspecified atom stereocenters. The third-order valence-corrected chi connectivity index (χ3v) is 2.66. The fourth-order valence-electron chi connectivity index (χ4n) is 1.59. The van der Waals surface area contributed by atoms with Gasteiger partial charge in [-0.3, -0.25) is 4.79 Å². The molecule has 0 fully saturated rings. The number of carbonyl (C=O) groups is 1. The van der Waals surface area contributed by atoms with Crippen molar-refractivity contribution in [3.8, 4) is 0 Å². The summed E-state index contributed by atoms with van der Waals surface area (Å²) >= 11 is 0. The van der Waals surface area contributed by atoms with Gasteiger partial charge in [0.05, 0.1) is 11.4 Å². The minimum Gasteiger partial charge on any atom is -0.397 e. The molecule has 0 saturated heterocycles. The Morgan fingerprint density at radius 2 is 1.47 bits per heavy atom. The first-order valence-corrected chi connectivity index (χ1v) is 5.34. The summed E-state index contributed by atoms with van der Waals surface area (Å²) < 4.78 is 0. The van der Waals surface area contributed by atoms with E-state index in [4.69, 9.17) is 11.5 Å². The van der Waals surface area contributed by atoms with E-state index in [-0.39, 0.29) is 5.78 Å². The molecule has 17 heavy (non-hydrogen) atoms. The maximum Gasteiger partial charge on any atom is 0.193 e. The molecule has 0 heterocycles. The molecule has 3 nitrogen and oxygen atoms in total. The molecule has 4 N–H and O–H groups in total. The van der Waals surface area contributed by atoms with E-state index in [1.54, 1.807) is 18.2 Å². The highest BCUT2D eigenvalue weighted by molar-refractivity contribution is 6.09. The normalized spacial score (nSPS) is 10.2. The van der Waals surface area contributed by atoms with Gasteiger partial charge in [0, 0.05) is 11.1 Å². The van der Waals surface area contributed by atoms with Crippen molar-refractivity contribution in [2.24, 2.45) is 0 Å². The summed E-state index contributed by atoms with van der Waals surface area (Å²) in [7, 11) is 0. The lowest BCUT2D eigenvalue weighted by Gasteiger charge is -2.04. The molecule has 0 bridgehead atoms. The number of ketones is 1. The third kappa shape index (κ3) is 2.28. The lowest BCUT2D eigenvalue weighted by Crippen LogP contribution is -2.03. The molecule has 0 amide bonds. The van der Waals surface area contributed by atoms with Gasteiger partial charge in [0.1, 0.15) is 0 Å². The zero-order valence-corrected chi connectivity index (χ0v) is 9.60. The maximum atomic E-state index is 12.1. The van der Waals surface area contributed by atoms with E-state index in [2.05, 4.69) is 0 Å². The van der Waals surface area contributed by atoms with E-state index in [1.165, 1.54) is 0 Å². The monoisotopic (exact) mass is 226 g/mol. The Bertz CT molecular complexity index is 559. The lowest BCUT2D eigenvalue weighted by molar-refractivity contribution is 0.103. The van der Waals surface area contributed by atoms with Crippen molar-refractivity contribution in [1.82, 2.24) is 0 Å². The number of rotatable bonds is 2. The van der Waals surface area contributed by atoms with E-state index in [0.717, 1.165) is 5.56 Å². The number of hydrogen-bond acceptors (Lipinski definition) is 3. The summed E-state index contributed by atoms with van der Waals surface area (Å²) in [4.78, 5) is 12.1. The molecule has 0 aliphatic rings. The van der Waals surface area contributed by atoms with Crippen LogP contribution in [-0.2, 0) is 0 Å². The number of hydrogen-bond donors (Lipinski definition) is 2. The highest BCUT2D eigenvalue weighted by Gasteiger charge is 2.09. The molecule has 0 aliphatic carbocycles. The van der Waals surface area contributed by atoms with E-state index < -0.39 is 0 Å². The predicted molar refractivity (Wildman–Crippen MR) is 69.9 cm³/mol. The second-order valence-electron chi connectivity index (χ2n) is 4.04. The van der Waals surface area contributed by atoms with Crippen LogP contribution in [0.4, 0.5) is 11.4 Å². The second kappa shape index (κ2) is 4.29. The molecule has 0 radical (unpaired) electrons. The predicted octanol–water partition coefficient (Wildman–Crippen LogP) is 2.39. The Morgan fingerprint density at radius 1 is 0.882 bits per heavy atom. The van der Waals surface area contributed by atoms with Crippen LogP contribution in [0.25, 0.3) is 0 Å². The average Bonchev–Trinajstić information content (AvgIpc) is 2.33. The number of nitrogen functional groups attached to an aromatic ring is 2. The number of benzene rings is 2. The van der Waals surface area contributed by atoms with Gasteiger partial charge in [-0.15, -0.1) is 0 Å². The Labute approximate surface area is 100 Å². The quantitative estimate of drug-likeness (QED) is 0.610. The van der Waals surface area contributed by atoms with Crippen LogP contribution in [0.1, 0.15) is 21.5 Å². The van der Waals surface area contributed by atoms with Gasteiger partial charge in [-0.25, -0.2) is 0 Å². The summed E-state index contributed by atoms with van der Waals surface area (Å²) in [5.41, 5.74) is 14.6. The molecular formula is C14H14N2O. The van der Waals surface area contributed by atoms with Gasteiger partial charge in [-0.2, -0.15) is 0 Å². The van der Waals surface area contributed by atoms with Crippen molar-refractivity contribution in [2.75, 3.05) is 11.5 Å². The molecule has 0 spiro atoms. The molecule has 2 rings (SSSR count). The minimum absolute atomic E-state index is 0.0447. The summed E-state index contributed by atoms with van der Waals surface area (Å²) in [6, 6.07) is 12.4. The fraction of sp³-hybridized carbons (Fsp3) is 0.0714. The first kappa shape index (κ1) is 11.2. The Hall–Kier alpha value is -2.29. The Morgan fingerprint density at radius 3 is 2.06 bits per heavy atom. The van der Waals surface area contributed by atoms with Crippen LogP contribution in [0, 0.1) is 6.92 Å². The van der Waals surface area contributed by atoms with E-state index >= 15 is 0 Å². The number of anilines is 2. The van der Waals surface area contributed by atoms with Crippen molar-refractivity contribution >= 4 is 17.2 Å². The second-order valence-corrected chi connectivity index (χ2v) is 4.04. The van der Waals surface area contributed by atoms with Gasteiger partial charge in [0.15, 0.2) is 5.78 Å². The Kier molecular flexibility index (Phi) is 2.83. The van der Waals surface area contributed by atoms with Gasteiger partial charge in [0.25, 0.3) is 0 Å². The largest absolute Gasteiger partial charge is 0.397 e. The first-order chi connectivity index (χ1) is 8.08. The number of aryl methyl sites for hydroxylation is 1. The highest BCUT2D eigenvalue weighted by Crippen LogP contribution is 2.18. The molecule has 2 aromatic carbocycles. The molecule has 0 atom stereocenters. The van der Waals surface area contributed by atoms with Crippen molar-refractivity contribution in [3.05, 3.63) is 59.2 Å². The smallest absolute Gasteiger partial charge is 0.193 e. The number of carbonyl (C=O) groups excluding carboxylic acids is 1. The van der Waals surface area contributed by atoms with E-state index in [0.29, 0.717) is 22.5 Å². The van der Waals surface area contributed by atoms with Gasteiger partial charge in [0.2, 0.25) is 0 Å². The summed E-state index contributed by atoms with van der Waals surface area (Å²) in [5.74, 6) is -0.0447. The standard InChI is InChI=1S/C14H14N2O/c1-9-2-4-10(5-3-9)14(17)11-6-7-12(15)13(16)8-11/h2-8H,15-16H2,1H3. The minimum atomic E-state index is -0.0447. The molecule has 3 heteroatoms. The molecule has 0 aliphatic heterocycles. The molecule has 2 aromatic rings. The molecule has 86 valence electrons. The number of nitrogens with two attached hydrogens (primary N) is 2. The van der Waals surface area contributed by atoms with Crippen LogP contribution in [0.15, 0.2) is 42.5 Å². The van der Waals surface area contributed by atoms with Gasteiger partial charge < -0.3 is 11.5 Å². The Balaban J connectivity index is 2.37. The third-order valence-electron chi connectivity index (χ3n) is 2.66. The van der Waals surface area contributed by atoms with Crippen LogP contribution in [0.5, 0.6) is 0 Å². The van der Waals surface area contributed by atoms with E-state index in [1.807, 2.05) is 31.2 Å². The summed E-state index contributed by atoms with van der Waals surface area (Å²) in [5, 5.41) is 0. The van der Waals surface area contributed by atoms with Gasteiger partial charge >= 0.3 is 0 Å². The molecular weight excluding hydrogens is 212 g/mol. The molecule has 0 saturated carbocycles. The fourth-order valence-corrected chi connectivity index (χ4v) is 1.59. The van der Waals surface area contributed by atoms with E-state index in [9.17, 15) is 4.79 Å². The van der Waals surface area contributed by atoms with Crippen LogP contribution in [0.2, 0.25) is 0 Å². The van der Waals surface area contributed by atoms with Crippen molar-refractivity contribution < 1.29 is 4.79 Å². The lowest BCUT2D eigenvalue weighted by atomic mass is 10.0. The van der Waals surface area contributed by atoms with Crippen LogP contribution < -0.4 is 11.5 Å². The zero-order chi connectivity index (χ0) is 12.4. The van der Waals surface area contributed by atoms with Gasteiger partial charge in [-0.05, 0) is 25.1 Å². The van der Waals surface area contributed by atoms with Crippen molar-refractivity contribution in [1.29, 1.82) is 0 Å². The summed E-state index contributed by atoms with van der Waals surface area (Å²) in [6.45, 7) is 1.98. The van der Waals surface area contributed by atoms with Gasteiger partial charge in [-0.1, -0.05) is 29.8 Å². The van der Waals surface area contributed by atoms with Crippen molar-refractivity contribution in [2.45, 2.75) is 6.92 Å². The average molecular weight is 226 g/mol. The first-order valence-electron chi connectivity index (χ1n) is 5.34. The highest BCUT2D eigenvalue weighted by atomic mass is 16.1. The maximum absolute atomic E-state index is 12.1. The van der Waals surface area contributed by atoms with Crippen LogP contribution >= 0.6 is 0 Å². The molecule has 0 aromatic heterocycles. The van der Waals surface area contributed by atoms with Crippen LogP contribution in [-0.4, -0.2) is 5.78 Å². The SMILES string of the molecule is Cc1ccc(C(=O)c2ccc(N)c(N)c2)cc1. The zero-order valence-electron chi connectivity index (χ0n) is 9.60. The summed E-state index contributed by atoms with van der Waals surface area (Å²) in [6.07, 6.45) is 0. The van der Waals surface area contributed by atoms with Crippen LogP contribution in [0.3, 0.4) is 0 Å². The topological polar surface area (TPSA) is 69.1 Å².